The molecule has 0 saturated carbocycles. The first-order chi connectivity index (χ1) is 11.0. The van der Waals surface area contributed by atoms with Crippen LogP contribution in [-0.4, -0.2) is 25.6 Å². The Morgan fingerprint density at radius 1 is 1.09 bits per heavy atom. The van der Waals surface area contributed by atoms with Gasteiger partial charge in [-0.25, -0.2) is 13.1 Å². The largest absolute Gasteiger partial charge is 0.269 e. The quantitative estimate of drug-likeness (QED) is 0.341. The number of nitrogens with zero attached hydrogens (tertiary/aromatic N) is 1. The molecule has 0 amide bonds. The van der Waals surface area contributed by atoms with Crippen molar-refractivity contribution in [1.82, 2.24) is 4.72 Å². The van der Waals surface area contributed by atoms with Crippen molar-refractivity contribution >= 4 is 27.5 Å². The van der Waals surface area contributed by atoms with Crippen molar-refractivity contribution in [3.63, 3.8) is 0 Å². The van der Waals surface area contributed by atoms with Crippen LogP contribution in [-0.2, 0) is 15.8 Å². The molecule has 0 aliphatic rings. The summed E-state index contributed by atoms with van der Waals surface area (Å²) in [5, 5.41) is 10.7. The molecule has 0 aliphatic carbocycles. The smallest absolute Gasteiger partial charge is 0.258 e. The number of non-ortho nitro benzene ring substituents is 1. The van der Waals surface area contributed by atoms with Gasteiger partial charge in [-0.05, 0) is 17.7 Å². The van der Waals surface area contributed by atoms with Crippen LogP contribution in [0.4, 0.5) is 5.69 Å². The molecule has 8 heteroatoms. The number of nitro groups is 1. The Balaban J connectivity index is 1.85. The zero-order chi connectivity index (χ0) is 16.7. The van der Waals surface area contributed by atoms with Crippen LogP contribution in [0, 0.1) is 10.1 Å². The van der Waals surface area contributed by atoms with Crippen LogP contribution in [0.25, 0.3) is 0 Å². The van der Waals surface area contributed by atoms with Gasteiger partial charge in [-0.3, -0.25) is 10.1 Å². The lowest BCUT2D eigenvalue weighted by Crippen LogP contribution is -2.27. The molecule has 122 valence electrons. The highest BCUT2D eigenvalue weighted by Gasteiger charge is 2.13. The summed E-state index contributed by atoms with van der Waals surface area (Å²) in [6, 6.07) is 15.3. The number of benzene rings is 2. The monoisotopic (exact) mass is 352 g/mol. The van der Waals surface area contributed by atoms with Gasteiger partial charge in [0.05, 0.1) is 10.7 Å². The summed E-state index contributed by atoms with van der Waals surface area (Å²) in [6.45, 7) is 0.302. The minimum atomic E-state index is -3.52. The van der Waals surface area contributed by atoms with Crippen molar-refractivity contribution in [2.75, 3.05) is 12.3 Å². The summed E-state index contributed by atoms with van der Waals surface area (Å²) < 4.78 is 26.5. The summed E-state index contributed by atoms with van der Waals surface area (Å²) in [5.74, 6) is 0.336. The Kier molecular flexibility index (Phi) is 6.14. The molecule has 1 N–H and O–H groups in total. The molecule has 0 atom stereocenters. The fourth-order valence-electron chi connectivity index (χ4n) is 1.91. The van der Waals surface area contributed by atoms with Crippen molar-refractivity contribution in [3.05, 3.63) is 70.3 Å². The summed E-state index contributed by atoms with van der Waals surface area (Å²) in [7, 11) is -3.52. The molecule has 0 aromatic heterocycles. The molecular formula is C15H16N2O4S2. The Hall–Kier alpha value is -1.90. The highest BCUT2D eigenvalue weighted by Crippen LogP contribution is 2.17. The van der Waals surface area contributed by atoms with Crippen molar-refractivity contribution in [2.24, 2.45) is 0 Å². The summed E-state index contributed by atoms with van der Waals surface area (Å²) in [6.07, 6.45) is 0. The van der Waals surface area contributed by atoms with Gasteiger partial charge in [-0.2, -0.15) is 0 Å². The van der Waals surface area contributed by atoms with Crippen LogP contribution in [0.2, 0.25) is 0 Å². The standard InChI is InChI=1S/C15H16N2O4S2/c18-17(19)14-6-4-5-13(11-14)12-23(20,21)16-9-10-22-15-7-2-1-3-8-15/h1-8,11,16H,9-10,12H2. The summed E-state index contributed by atoms with van der Waals surface area (Å²) in [5.41, 5.74) is 0.278. The number of nitro benzene ring substituents is 1. The molecule has 0 aliphatic heterocycles. The lowest BCUT2D eigenvalue weighted by atomic mass is 10.2. The van der Waals surface area contributed by atoms with Gasteiger partial charge >= 0.3 is 0 Å². The Labute approximate surface area is 139 Å². The van der Waals surface area contributed by atoms with Crippen molar-refractivity contribution in [3.8, 4) is 0 Å². The molecule has 0 heterocycles. The molecular weight excluding hydrogens is 336 g/mol. The van der Waals surface area contributed by atoms with E-state index in [9.17, 15) is 18.5 Å². The topological polar surface area (TPSA) is 89.3 Å². The molecule has 2 rings (SSSR count). The van der Waals surface area contributed by atoms with E-state index in [0.717, 1.165) is 4.90 Å². The second kappa shape index (κ2) is 8.09. The summed E-state index contributed by atoms with van der Waals surface area (Å²) >= 11 is 1.56. The Morgan fingerprint density at radius 2 is 1.83 bits per heavy atom. The van der Waals surface area contributed by atoms with Gasteiger partial charge in [-0.15, -0.1) is 11.8 Å². The second-order valence-electron chi connectivity index (χ2n) is 4.74. The van der Waals surface area contributed by atoms with Gasteiger partial charge in [0.15, 0.2) is 0 Å². The minimum Gasteiger partial charge on any atom is -0.258 e. The molecule has 6 nitrogen and oxygen atoms in total. The van der Waals surface area contributed by atoms with Crippen LogP contribution < -0.4 is 4.72 Å². The Morgan fingerprint density at radius 3 is 2.52 bits per heavy atom. The zero-order valence-corrected chi connectivity index (χ0v) is 13.8. The average molecular weight is 352 g/mol. The van der Waals surface area contributed by atoms with Gasteiger partial charge in [0.25, 0.3) is 5.69 Å². The highest BCUT2D eigenvalue weighted by atomic mass is 32.2. The van der Waals surface area contributed by atoms with Gasteiger partial charge in [0.1, 0.15) is 0 Å². The van der Waals surface area contributed by atoms with E-state index in [0.29, 0.717) is 17.9 Å². The maximum absolute atomic E-state index is 12.0. The van der Waals surface area contributed by atoms with Crippen molar-refractivity contribution < 1.29 is 13.3 Å². The average Bonchev–Trinajstić information content (AvgIpc) is 2.52. The van der Waals surface area contributed by atoms with E-state index in [-0.39, 0.29) is 11.4 Å². The normalized spacial score (nSPS) is 11.3. The zero-order valence-electron chi connectivity index (χ0n) is 12.2. The summed E-state index contributed by atoms with van der Waals surface area (Å²) in [4.78, 5) is 11.2. The lowest BCUT2D eigenvalue weighted by Gasteiger charge is -2.07. The fraction of sp³-hybridized carbons (Fsp3) is 0.200. The second-order valence-corrected chi connectivity index (χ2v) is 7.72. The third-order valence-electron chi connectivity index (χ3n) is 2.91. The van der Waals surface area contributed by atoms with Crippen LogP contribution in [0.1, 0.15) is 5.56 Å². The first-order valence-corrected chi connectivity index (χ1v) is 9.48. The first kappa shape index (κ1) is 17.5. The van der Waals surface area contributed by atoms with E-state index in [1.165, 1.54) is 18.2 Å². The van der Waals surface area contributed by atoms with Gasteiger partial charge < -0.3 is 0 Å². The maximum Gasteiger partial charge on any atom is 0.269 e. The SMILES string of the molecule is O=[N+]([O-])c1cccc(CS(=O)(=O)NCCSc2ccccc2)c1. The Bertz CT molecular complexity index is 764. The predicted octanol–water partition coefficient (Wildman–Crippen LogP) is 2.81. The molecule has 2 aromatic carbocycles. The fourth-order valence-corrected chi connectivity index (χ4v) is 3.97. The number of thioether (sulfide) groups is 1. The van der Waals surface area contributed by atoms with E-state index >= 15 is 0 Å². The lowest BCUT2D eigenvalue weighted by molar-refractivity contribution is -0.384. The molecule has 0 unspecified atom stereocenters. The first-order valence-electron chi connectivity index (χ1n) is 6.85. The molecule has 0 radical (unpaired) electrons. The van der Waals surface area contributed by atoms with E-state index in [1.54, 1.807) is 17.8 Å². The number of sulfonamides is 1. The predicted molar refractivity (Wildman–Crippen MR) is 90.9 cm³/mol. The van der Waals surface area contributed by atoms with E-state index in [4.69, 9.17) is 0 Å². The van der Waals surface area contributed by atoms with Gasteiger partial charge in [0.2, 0.25) is 10.0 Å². The van der Waals surface area contributed by atoms with Crippen LogP contribution in [0.5, 0.6) is 0 Å². The van der Waals surface area contributed by atoms with E-state index in [1.807, 2.05) is 30.3 Å². The van der Waals surface area contributed by atoms with Crippen LogP contribution in [0.3, 0.4) is 0 Å². The molecule has 0 saturated heterocycles. The highest BCUT2D eigenvalue weighted by molar-refractivity contribution is 7.99. The van der Waals surface area contributed by atoms with Gasteiger partial charge in [0, 0.05) is 29.3 Å². The third-order valence-corrected chi connectivity index (χ3v) is 5.29. The van der Waals surface area contributed by atoms with E-state index < -0.39 is 14.9 Å². The number of rotatable bonds is 8. The molecule has 0 bridgehead atoms. The minimum absolute atomic E-state index is 0.114. The third kappa shape index (κ3) is 6.01. The number of nitrogens with one attached hydrogen (secondary N) is 1. The number of hydrogen-bond donors (Lipinski definition) is 1. The molecule has 0 fully saturated rings. The molecule has 23 heavy (non-hydrogen) atoms. The van der Waals surface area contributed by atoms with Crippen molar-refractivity contribution in [2.45, 2.75) is 10.6 Å². The van der Waals surface area contributed by atoms with Crippen LogP contribution in [0.15, 0.2) is 59.5 Å². The maximum atomic E-state index is 12.0. The molecule has 2 aromatic rings. The van der Waals surface area contributed by atoms with Crippen LogP contribution >= 0.6 is 11.8 Å². The van der Waals surface area contributed by atoms with E-state index in [2.05, 4.69) is 4.72 Å². The molecule has 0 spiro atoms. The van der Waals surface area contributed by atoms with Crippen molar-refractivity contribution in [1.29, 1.82) is 0 Å². The van der Waals surface area contributed by atoms with Gasteiger partial charge in [-0.1, -0.05) is 30.3 Å². The number of hydrogen-bond acceptors (Lipinski definition) is 5.